The van der Waals surface area contributed by atoms with Crippen LogP contribution in [-0.2, 0) is 22.6 Å². The Morgan fingerprint density at radius 3 is 2.64 bits per heavy atom. The highest BCUT2D eigenvalue weighted by atomic mass is 35.5. The fraction of sp³-hybridized carbons (Fsp3) is 0.111. The van der Waals surface area contributed by atoms with Crippen molar-refractivity contribution in [1.29, 1.82) is 0 Å². The number of aromatic nitrogens is 1. The van der Waals surface area contributed by atoms with E-state index in [4.69, 9.17) is 20.9 Å². The molecule has 0 aliphatic heterocycles. The first kappa shape index (κ1) is 17.1. The van der Waals surface area contributed by atoms with Crippen molar-refractivity contribution in [3.8, 4) is 11.3 Å². The predicted octanol–water partition coefficient (Wildman–Crippen LogP) is 4.56. The summed E-state index contributed by atoms with van der Waals surface area (Å²) in [4.78, 5) is 11.9. The number of carbonyl (C=O) groups is 1. The molecule has 0 bridgehead atoms. The van der Waals surface area contributed by atoms with Gasteiger partial charge in [-0.15, -0.1) is 0 Å². The molecule has 7 heteroatoms. The third-order valence-electron chi connectivity index (χ3n) is 3.46. The summed E-state index contributed by atoms with van der Waals surface area (Å²) < 4.78 is 37.4. The third-order valence-corrected chi connectivity index (χ3v) is 3.82. The Bertz CT molecular complexity index is 891. The number of hydrogen-bond donors (Lipinski definition) is 0. The van der Waals surface area contributed by atoms with Gasteiger partial charge in [0.25, 0.3) is 0 Å². The van der Waals surface area contributed by atoms with Crippen LogP contribution in [0.3, 0.4) is 0 Å². The maximum Gasteiger partial charge on any atom is 0.310 e. The van der Waals surface area contributed by atoms with Gasteiger partial charge in [0.05, 0.1) is 12.0 Å². The second-order valence-corrected chi connectivity index (χ2v) is 5.61. The Kier molecular flexibility index (Phi) is 5.09. The van der Waals surface area contributed by atoms with Crippen LogP contribution >= 0.6 is 11.6 Å². The second kappa shape index (κ2) is 7.44. The molecular formula is C18H12ClF2NO3. The molecule has 4 nitrogen and oxygen atoms in total. The summed E-state index contributed by atoms with van der Waals surface area (Å²) in [5.74, 6) is -1.46. The van der Waals surface area contributed by atoms with Gasteiger partial charge in [-0.25, -0.2) is 8.78 Å². The van der Waals surface area contributed by atoms with Gasteiger partial charge in [0.2, 0.25) is 0 Å². The minimum absolute atomic E-state index is 0.0707. The van der Waals surface area contributed by atoms with Crippen LogP contribution < -0.4 is 0 Å². The van der Waals surface area contributed by atoms with Gasteiger partial charge in [-0.05, 0) is 24.3 Å². The molecule has 0 N–H and O–H groups in total. The number of halogens is 3. The lowest BCUT2D eigenvalue weighted by Crippen LogP contribution is -2.09. The van der Waals surface area contributed by atoms with E-state index in [-0.39, 0.29) is 34.9 Å². The molecule has 0 fully saturated rings. The van der Waals surface area contributed by atoms with Crippen molar-refractivity contribution in [2.24, 2.45) is 0 Å². The molecule has 0 atom stereocenters. The molecule has 0 amide bonds. The Morgan fingerprint density at radius 1 is 1.12 bits per heavy atom. The number of esters is 1. The highest BCUT2D eigenvalue weighted by Gasteiger charge is 2.15. The van der Waals surface area contributed by atoms with E-state index in [0.717, 1.165) is 0 Å². The zero-order chi connectivity index (χ0) is 17.8. The van der Waals surface area contributed by atoms with Gasteiger partial charge in [0.1, 0.15) is 23.9 Å². The molecule has 0 unspecified atom stereocenters. The van der Waals surface area contributed by atoms with Gasteiger partial charge in [0.15, 0.2) is 5.76 Å². The maximum absolute atomic E-state index is 13.7. The molecule has 128 valence electrons. The smallest absolute Gasteiger partial charge is 0.310 e. The summed E-state index contributed by atoms with van der Waals surface area (Å²) >= 11 is 5.87. The number of carbonyl (C=O) groups excluding carboxylic acids is 1. The van der Waals surface area contributed by atoms with Gasteiger partial charge < -0.3 is 9.26 Å². The van der Waals surface area contributed by atoms with Crippen LogP contribution in [0, 0.1) is 11.6 Å². The molecule has 1 heterocycles. The lowest BCUT2D eigenvalue weighted by atomic mass is 10.1. The number of hydrogen-bond acceptors (Lipinski definition) is 4. The van der Waals surface area contributed by atoms with Crippen molar-refractivity contribution >= 4 is 17.6 Å². The molecule has 3 aromatic rings. The highest BCUT2D eigenvalue weighted by Crippen LogP contribution is 2.24. The first-order valence-corrected chi connectivity index (χ1v) is 7.71. The highest BCUT2D eigenvalue weighted by molar-refractivity contribution is 6.31. The first-order valence-electron chi connectivity index (χ1n) is 7.33. The molecule has 0 aliphatic carbocycles. The number of benzene rings is 2. The van der Waals surface area contributed by atoms with E-state index in [1.54, 1.807) is 18.2 Å². The van der Waals surface area contributed by atoms with E-state index >= 15 is 0 Å². The zero-order valence-electron chi connectivity index (χ0n) is 12.8. The van der Waals surface area contributed by atoms with Crippen molar-refractivity contribution in [3.05, 3.63) is 76.4 Å². The van der Waals surface area contributed by atoms with Gasteiger partial charge in [0, 0.05) is 16.7 Å². The summed E-state index contributed by atoms with van der Waals surface area (Å²) in [6.45, 7) is -0.178. The lowest BCUT2D eigenvalue weighted by molar-refractivity contribution is -0.144. The Labute approximate surface area is 147 Å². The summed E-state index contributed by atoms with van der Waals surface area (Å²) in [5, 5.41) is 3.88. The molecular weight excluding hydrogens is 352 g/mol. The monoisotopic (exact) mass is 363 g/mol. The standard InChI is InChI=1S/C18H12ClF2NO3/c19-14-5-3-7-16(21)13(14)9-18(23)24-10-11-8-17(25-22-11)12-4-1-2-6-15(12)20/h1-8H,9-10H2. The van der Waals surface area contributed by atoms with E-state index in [1.165, 1.54) is 30.3 Å². The summed E-state index contributed by atoms with van der Waals surface area (Å²) in [7, 11) is 0. The summed E-state index contributed by atoms with van der Waals surface area (Å²) in [6, 6.07) is 11.7. The SMILES string of the molecule is O=C(Cc1c(F)cccc1Cl)OCc1cc(-c2ccccc2F)on1. The minimum atomic E-state index is -0.664. The molecule has 0 spiro atoms. The topological polar surface area (TPSA) is 52.3 Å². The number of nitrogens with zero attached hydrogens (tertiary/aromatic N) is 1. The van der Waals surface area contributed by atoms with E-state index in [1.807, 2.05) is 0 Å². The van der Waals surface area contributed by atoms with E-state index in [9.17, 15) is 13.6 Å². The first-order chi connectivity index (χ1) is 12.0. The van der Waals surface area contributed by atoms with Crippen molar-refractivity contribution < 1.29 is 22.8 Å². The van der Waals surface area contributed by atoms with Crippen LogP contribution in [0.15, 0.2) is 53.1 Å². The van der Waals surface area contributed by atoms with Crippen LogP contribution in [0.5, 0.6) is 0 Å². The number of ether oxygens (including phenoxy) is 1. The van der Waals surface area contributed by atoms with E-state index in [0.29, 0.717) is 5.69 Å². The molecule has 25 heavy (non-hydrogen) atoms. The quantitative estimate of drug-likeness (QED) is 0.624. The Morgan fingerprint density at radius 2 is 1.88 bits per heavy atom. The predicted molar refractivity (Wildman–Crippen MR) is 86.8 cm³/mol. The van der Waals surface area contributed by atoms with Crippen molar-refractivity contribution in [3.63, 3.8) is 0 Å². The van der Waals surface area contributed by atoms with Crippen LogP contribution in [0.2, 0.25) is 5.02 Å². The molecule has 1 aromatic heterocycles. The van der Waals surface area contributed by atoms with Gasteiger partial charge in [-0.2, -0.15) is 0 Å². The normalized spacial score (nSPS) is 10.7. The van der Waals surface area contributed by atoms with Crippen molar-refractivity contribution in [2.75, 3.05) is 0 Å². The lowest BCUT2D eigenvalue weighted by Gasteiger charge is -2.05. The van der Waals surface area contributed by atoms with Gasteiger partial charge >= 0.3 is 5.97 Å². The van der Waals surface area contributed by atoms with Gasteiger partial charge in [-0.1, -0.05) is 35.0 Å². The molecule has 3 rings (SSSR count). The molecule has 0 radical (unpaired) electrons. The minimum Gasteiger partial charge on any atom is -0.459 e. The van der Waals surface area contributed by atoms with E-state index < -0.39 is 17.6 Å². The summed E-state index contributed by atoms with van der Waals surface area (Å²) in [6.07, 6.45) is -0.302. The average Bonchev–Trinajstić information content (AvgIpc) is 3.06. The fourth-order valence-electron chi connectivity index (χ4n) is 2.22. The average molecular weight is 364 g/mol. The van der Waals surface area contributed by atoms with Crippen LogP contribution in [0.25, 0.3) is 11.3 Å². The van der Waals surface area contributed by atoms with Crippen LogP contribution in [-0.4, -0.2) is 11.1 Å². The Balaban J connectivity index is 1.63. The molecule has 0 aliphatic rings. The zero-order valence-corrected chi connectivity index (χ0v) is 13.6. The molecule has 0 saturated carbocycles. The fourth-order valence-corrected chi connectivity index (χ4v) is 2.45. The third kappa shape index (κ3) is 4.03. The largest absolute Gasteiger partial charge is 0.459 e. The second-order valence-electron chi connectivity index (χ2n) is 5.20. The maximum atomic E-state index is 13.7. The van der Waals surface area contributed by atoms with Gasteiger partial charge in [-0.3, -0.25) is 4.79 Å². The Hall–Kier alpha value is -2.73. The van der Waals surface area contributed by atoms with Crippen LogP contribution in [0.1, 0.15) is 11.3 Å². The number of rotatable bonds is 5. The summed E-state index contributed by atoms with van der Waals surface area (Å²) in [5.41, 5.74) is 0.637. The van der Waals surface area contributed by atoms with Crippen molar-refractivity contribution in [1.82, 2.24) is 5.16 Å². The van der Waals surface area contributed by atoms with Crippen molar-refractivity contribution in [2.45, 2.75) is 13.0 Å². The van der Waals surface area contributed by atoms with E-state index in [2.05, 4.69) is 5.16 Å². The van der Waals surface area contributed by atoms with Crippen LogP contribution in [0.4, 0.5) is 8.78 Å². The molecule has 0 saturated heterocycles. The molecule has 2 aromatic carbocycles.